The fourth-order valence-electron chi connectivity index (χ4n) is 2.23. The van der Waals surface area contributed by atoms with Crippen molar-refractivity contribution in [2.75, 3.05) is 12.3 Å². The zero-order valence-electron chi connectivity index (χ0n) is 9.50. The quantitative estimate of drug-likeness (QED) is 0.883. The minimum atomic E-state index is -0.876. The van der Waals surface area contributed by atoms with Gasteiger partial charge in [0.2, 0.25) is 0 Å². The maximum Gasteiger partial charge on any atom is 0.0536 e. The van der Waals surface area contributed by atoms with Crippen LogP contribution < -0.4 is 5.32 Å². The molecular formula is C12H16ClNOS. The molecule has 1 aromatic carbocycles. The van der Waals surface area contributed by atoms with Crippen molar-refractivity contribution >= 4 is 22.4 Å². The van der Waals surface area contributed by atoms with Crippen LogP contribution in [-0.2, 0) is 10.8 Å². The van der Waals surface area contributed by atoms with Crippen LogP contribution in [0, 0.1) is 5.92 Å². The molecular weight excluding hydrogens is 242 g/mol. The fraction of sp³-hybridized carbons (Fsp3) is 0.500. The number of rotatable bonds is 2. The Morgan fingerprint density at radius 2 is 2.31 bits per heavy atom. The molecule has 0 saturated carbocycles. The third-order valence-corrected chi connectivity index (χ3v) is 4.89. The Balaban J connectivity index is 2.47. The van der Waals surface area contributed by atoms with Crippen LogP contribution in [0.4, 0.5) is 0 Å². The summed E-state index contributed by atoms with van der Waals surface area (Å²) >= 11 is 6.01. The number of hydrogen-bond donors (Lipinski definition) is 1. The largest absolute Gasteiger partial charge is 0.310 e. The van der Waals surface area contributed by atoms with E-state index in [1.807, 2.05) is 18.2 Å². The summed E-state index contributed by atoms with van der Waals surface area (Å²) in [5.41, 5.74) is 1.10. The predicted molar refractivity (Wildman–Crippen MR) is 68.3 cm³/mol. The van der Waals surface area contributed by atoms with Gasteiger partial charge in [0, 0.05) is 21.7 Å². The summed E-state index contributed by atoms with van der Waals surface area (Å²) in [5, 5.41) is 4.16. The van der Waals surface area contributed by atoms with Gasteiger partial charge in [-0.2, -0.15) is 0 Å². The Kier molecular flexibility index (Phi) is 3.67. The Morgan fingerprint density at radius 1 is 1.56 bits per heavy atom. The Labute approximate surface area is 104 Å². The molecule has 0 aliphatic carbocycles. The molecule has 0 fully saturated rings. The molecule has 2 nitrogen and oxygen atoms in total. The first-order valence-corrected chi connectivity index (χ1v) is 7.24. The molecule has 3 unspecified atom stereocenters. The van der Waals surface area contributed by atoms with Crippen molar-refractivity contribution in [1.29, 1.82) is 0 Å². The summed E-state index contributed by atoms with van der Waals surface area (Å²) in [4.78, 5) is 0.938. The van der Waals surface area contributed by atoms with E-state index in [2.05, 4.69) is 19.2 Å². The molecule has 0 aromatic heterocycles. The summed E-state index contributed by atoms with van der Waals surface area (Å²) in [5.74, 6) is 1.11. The SMILES string of the molecule is CCNC1c2cc(Cl)ccc2S(=O)CC1C. The second-order valence-electron chi connectivity index (χ2n) is 4.21. The summed E-state index contributed by atoms with van der Waals surface area (Å²) in [6.45, 7) is 5.13. The van der Waals surface area contributed by atoms with Crippen LogP contribution >= 0.6 is 11.6 Å². The van der Waals surface area contributed by atoms with Crippen molar-refractivity contribution in [2.24, 2.45) is 5.92 Å². The molecule has 1 N–H and O–H groups in total. The van der Waals surface area contributed by atoms with Gasteiger partial charge in [0.15, 0.2) is 0 Å². The van der Waals surface area contributed by atoms with Crippen LogP contribution in [0.2, 0.25) is 5.02 Å². The number of benzene rings is 1. The normalized spacial score (nSPS) is 28.8. The Bertz CT molecular complexity index is 421. The lowest BCUT2D eigenvalue weighted by atomic mass is 9.95. The van der Waals surface area contributed by atoms with Gasteiger partial charge in [0.25, 0.3) is 0 Å². The number of nitrogens with one attached hydrogen (secondary N) is 1. The first-order valence-electron chi connectivity index (χ1n) is 5.54. The average Bonchev–Trinajstić information content (AvgIpc) is 2.23. The third-order valence-electron chi connectivity index (χ3n) is 2.96. The maximum absolute atomic E-state index is 12.0. The number of halogens is 1. The molecule has 0 spiro atoms. The van der Waals surface area contributed by atoms with Crippen LogP contribution in [0.1, 0.15) is 25.5 Å². The van der Waals surface area contributed by atoms with Gasteiger partial charge >= 0.3 is 0 Å². The van der Waals surface area contributed by atoms with Crippen LogP contribution in [0.25, 0.3) is 0 Å². The van der Waals surface area contributed by atoms with E-state index in [4.69, 9.17) is 11.6 Å². The zero-order chi connectivity index (χ0) is 11.7. The average molecular weight is 258 g/mol. The summed E-state index contributed by atoms with van der Waals surface area (Å²) in [7, 11) is -0.876. The second-order valence-corrected chi connectivity index (χ2v) is 6.11. The van der Waals surface area contributed by atoms with Crippen molar-refractivity contribution in [2.45, 2.75) is 24.8 Å². The molecule has 16 heavy (non-hydrogen) atoms. The van der Waals surface area contributed by atoms with E-state index in [1.165, 1.54) is 0 Å². The summed E-state index contributed by atoms with van der Waals surface area (Å²) in [6.07, 6.45) is 0. The molecule has 2 rings (SSSR count). The van der Waals surface area contributed by atoms with E-state index < -0.39 is 10.8 Å². The number of fused-ring (bicyclic) bond motifs is 1. The van der Waals surface area contributed by atoms with Crippen LogP contribution in [0.15, 0.2) is 23.1 Å². The van der Waals surface area contributed by atoms with Crippen molar-refractivity contribution in [3.05, 3.63) is 28.8 Å². The van der Waals surface area contributed by atoms with E-state index in [0.717, 1.165) is 22.8 Å². The van der Waals surface area contributed by atoms with E-state index in [9.17, 15) is 4.21 Å². The minimum Gasteiger partial charge on any atom is -0.310 e. The van der Waals surface area contributed by atoms with E-state index >= 15 is 0 Å². The van der Waals surface area contributed by atoms with Gasteiger partial charge in [-0.15, -0.1) is 0 Å². The lowest BCUT2D eigenvalue weighted by Crippen LogP contribution is -2.34. The van der Waals surface area contributed by atoms with Gasteiger partial charge in [-0.05, 0) is 36.2 Å². The van der Waals surface area contributed by atoms with E-state index in [-0.39, 0.29) is 6.04 Å². The van der Waals surface area contributed by atoms with Gasteiger partial charge in [0.05, 0.1) is 10.8 Å². The molecule has 0 radical (unpaired) electrons. The standard InChI is InChI=1S/C12H16ClNOS/c1-3-14-12-8(2)7-16(15)11-5-4-9(13)6-10(11)12/h4-6,8,12,14H,3,7H2,1-2H3. The topological polar surface area (TPSA) is 29.1 Å². The van der Waals surface area contributed by atoms with Gasteiger partial charge in [0.1, 0.15) is 0 Å². The highest BCUT2D eigenvalue weighted by molar-refractivity contribution is 7.85. The van der Waals surface area contributed by atoms with Crippen molar-refractivity contribution in [1.82, 2.24) is 5.32 Å². The highest BCUT2D eigenvalue weighted by Gasteiger charge is 2.30. The van der Waals surface area contributed by atoms with Gasteiger partial charge < -0.3 is 5.32 Å². The van der Waals surface area contributed by atoms with Gasteiger partial charge in [-0.3, -0.25) is 4.21 Å². The summed E-state index contributed by atoms with van der Waals surface area (Å²) in [6, 6.07) is 5.93. The molecule has 1 heterocycles. The fourth-order valence-corrected chi connectivity index (χ4v) is 3.93. The second kappa shape index (κ2) is 4.86. The lowest BCUT2D eigenvalue weighted by molar-refractivity contribution is 0.411. The molecule has 4 heteroatoms. The smallest absolute Gasteiger partial charge is 0.0536 e. The minimum absolute atomic E-state index is 0.274. The monoisotopic (exact) mass is 257 g/mol. The van der Waals surface area contributed by atoms with Crippen LogP contribution in [0.3, 0.4) is 0 Å². The molecule has 0 saturated heterocycles. The zero-order valence-corrected chi connectivity index (χ0v) is 11.1. The van der Waals surface area contributed by atoms with Crippen molar-refractivity contribution < 1.29 is 4.21 Å². The third kappa shape index (κ3) is 2.17. The maximum atomic E-state index is 12.0. The lowest BCUT2D eigenvalue weighted by Gasteiger charge is -2.31. The van der Waals surface area contributed by atoms with Crippen LogP contribution in [-0.4, -0.2) is 16.5 Å². The first-order chi connectivity index (χ1) is 7.63. The molecule has 1 aromatic rings. The van der Waals surface area contributed by atoms with E-state index in [0.29, 0.717) is 10.9 Å². The molecule has 1 aliphatic rings. The predicted octanol–water partition coefficient (Wildman–Crippen LogP) is 2.75. The van der Waals surface area contributed by atoms with Crippen molar-refractivity contribution in [3.63, 3.8) is 0 Å². The summed E-state index contributed by atoms with van der Waals surface area (Å²) < 4.78 is 12.0. The Hall–Kier alpha value is -0.380. The number of hydrogen-bond acceptors (Lipinski definition) is 2. The van der Waals surface area contributed by atoms with Gasteiger partial charge in [-0.1, -0.05) is 25.4 Å². The molecule has 88 valence electrons. The molecule has 0 bridgehead atoms. The molecule has 0 amide bonds. The highest BCUT2D eigenvalue weighted by Crippen LogP contribution is 2.35. The van der Waals surface area contributed by atoms with Gasteiger partial charge in [-0.25, -0.2) is 0 Å². The highest BCUT2D eigenvalue weighted by atomic mass is 35.5. The van der Waals surface area contributed by atoms with E-state index in [1.54, 1.807) is 0 Å². The molecule has 3 atom stereocenters. The first kappa shape index (κ1) is 12.1. The Morgan fingerprint density at radius 3 is 3.00 bits per heavy atom. The molecule has 1 aliphatic heterocycles. The van der Waals surface area contributed by atoms with Crippen LogP contribution in [0.5, 0.6) is 0 Å². The van der Waals surface area contributed by atoms with Crippen molar-refractivity contribution in [3.8, 4) is 0 Å².